The van der Waals surface area contributed by atoms with E-state index in [0.717, 1.165) is 43.0 Å². The highest BCUT2D eigenvalue weighted by Gasteiger charge is 2.16. The summed E-state index contributed by atoms with van der Waals surface area (Å²) in [5.74, 6) is 0.554. The second-order valence-electron chi connectivity index (χ2n) is 6.38. The zero-order valence-corrected chi connectivity index (χ0v) is 15.9. The van der Waals surface area contributed by atoms with Crippen molar-refractivity contribution in [1.82, 2.24) is 10.2 Å². The predicted octanol–water partition coefficient (Wildman–Crippen LogP) is 4.08. The first-order chi connectivity index (χ1) is 12.7. The monoisotopic (exact) mass is 375 g/mol. The summed E-state index contributed by atoms with van der Waals surface area (Å²) in [5, 5.41) is 12.5. The van der Waals surface area contributed by atoms with Crippen molar-refractivity contribution in [2.45, 2.75) is 51.6 Å². The third kappa shape index (κ3) is 5.51. The van der Waals surface area contributed by atoms with Gasteiger partial charge >= 0.3 is 0 Å². The summed E-state index contributed by atoms with van der Waals surface area (Å²) in [6.07, 6.45) is 6.70. The number of ether oxygens (including phenoxy) is 2. The summed E-state index contributed by atoms with van der Waals surface area (Å²) in [4.78, 5) is 12.3. The Morgan fingerprint density at radius 2 is 2.15 bits per heavy atom. The number of benzene rings is 1. The Kier molecular flexibility index (Phi) is 6.96. The minimum absolute atomic E-state index is 0.182. The molecule has 1 aromatic heterocycles. The number of aryl methyl sites for hydroxylation is 1. The summed E-state index contributed by atoms with van der Waals surface area (Å²) in [6.45, 7) is 3.54. The van der Waals surface area contributed by atoms with Gasteiger partial charge in [-0.25, -0.2) is 0 Å². The van der Waals surface area contributed by atoms with Gasteiger partial charge in [0, 0.05) is 18.6 Å². The van der Waals surface area contributed by atoms with Crippen LogP contribution in [0.25, 0.3) is 0 Å². The fourth-order valence-electron chi connectivity index (χ4n) is 2.77. The SMILES string of the molecule is CCCCCc1nnc(NC(=O)c2ccc(OCC3CCCO3)cc2)s1. The van der Waals surface area contributed by atoms with Crippen molar-refractivity contribution in [1.29, 1.82) is 0 Å². The molecule has 0 radical (unpaired) electrons. The number of carbonyl (C=O) groups excluding carboxylic acids is 1. The van der Waals surface area contributed by atoms with Crippen molar-refractivity contribution >= 4 is 22.4 Å². The molecule has 2 aromatic rings. The van der Waals surface area contributed by atoms with Gasteiger partial charge in [-0.2, -0.15) is 0 Å². The fourth-order valence-corrected chi connectivity index (χ4v) is 3.54. The Morgan fingerprint density at radius 1 is 1.31 bits per heavy atom. The maximum atomic E-state index is 12.3. The van der Waals surface area contributed by atoms with E-state index in [4.69, 9.17) is 9.47 Å². The topological polar surface area (TPSA) is 73.3 Å². The van der Waals surface area contributed by atoms with Gasteiger partial charge < -0.3 is 9.47 Å². The number of rotatable bonds is 9. The van der Waals surface area contributed by atoms with Crippen LogP contribution in [0.3, 0.4) is 0 Å². The van der Waals surface area contributed by atoms with Crippen LogP contribution < -0.4 is 10.1 Å². The minimum atomic E-state index is -0.188. The first-order valence-corrected chi connectivity index (χ1v) is 10.0. The Balaban J connectivity index is 1.48. The molecule has 1 aromatic carbocycles. The van der Waals surface area contributed by atoms with Crippen LogP contribution in [0.15, 0.2) is 24.3 Å². The molecule has 1 aliphatic heterocycles. The zero-order chi connectivity index (χ0) is 18.2. The van der Waals surface area contributed by atoms with Crippen molar-refractivity contribution in [2.24, 2.45) is 0 Å². The normalized spacial score (nSPS) is 16.6. The van der Waals surface area contributed by atoms with Gasteiger partial charge in [-0.05, 0) is 43.5 Å². The van der Waals surface area contributed by atoms with Gasteiger partial charge in [0.05, 0.1) is 6.10 Å². The Bertz CT molecular complexity index is 696. The molecule has 2 heterocycles. The molecule has 0 aliphatic carbocycles. The van der Waals surface area contributed by atoms with E-state index >= 15 is 0 Å². The molecule has 1 saturated heterocycles. The molecular formula is C19H25N3O3S. The van der Waals surface area contributed by atoms with Crippen LogP contribution in [0, 0.1) is 0 Å². The third-order valence-electron chi connectivity index (χ3n) is 4.26. The molecule has 1 unspecified atom stereocenters. The average Bonchev–Trinajstić information content (AvgIpc) is 3.33. The van der Waals surface area contributed by atoms with Crippen molar-refractivity contribution < 1.29 is 14.3 Å². The van der Waals surface area contributed by atoms with E-state index in [1.165, 1.54) is 24.2 Å². The molecule has 0 saturated carbocycles. The fraction of sp³-hybridized carbons (Fsp3) is 0.526. The standard InChI is InChI=1S/C19H25N3O3S/c1-2-3-4-7-17-21-22-19(26-17)20-18(23)14-8-10-15(11-9-14)25-13-16-6-5-12-24-16/h8-11,16H,2-7,12-13H2,1H3,(H,20,22,23). The number of aromatic nitrogens is 2. The molecule has 1 amide bonds. The first kappa shape index (κ1) is 18.8. The molecule has 0 bridgehead atoms. The summed E-state index contributed by atoms with van der Waals surface area (Å²) in [5.41, 5.74) is 0.567. The van der Waals surface area contributed by atoms with Gasteiger partial charge in [0.25, 0.3) is 5.91 Å². The van der Waals surface area contributed by atoms with Gasteiger partial charge in [-0.15, -0.1) is 10.2 Å². The molecule has 1 N–H and O–H groups in total. The molecule has 26 heavy (non-hydrogen) atoms. The van der Waals surface area contributed by atoms with Gasteiger partial charge in [-0.1, -0.05) is 31.1 Å². The number of amides is 1. The van der Waals surface area contributed by atoms with Gasteiger partial charge in [-0.3, -0.25) is 10.1 Å². The number of unbranched alkanes of at least 4 members (excludes halogenated alkanes) is 2. The molecule has 7 heteroatoms. The van der Waals surface area contributed by atoms with Crippen molar-refractivity contribution in [3.63, 3.8) is 0 Å². The highest BCUT2D eigenvalue weighted by Crippen LogP contribution is 2.20. The highest BCUT2D eigenvalue weighted by molar-refractivity contribution is 7.15. The molecular weight excluding hydrogens is 350 g/mol. The van der Waals surface area contributed by atoms with Gasteiger partial charge in [0.2, 0.25) is 5.13 Å². The van der Waals surface area contributed by atoms with E-state index in [2.05, 4.69) is 22.4 Å². The number of nitrogens with one attached hydrogen (secondary N) is 1. The van der Waals surface area contributed by atoms with Crippen LogP contribution in [0.4, 0.5) is 5.13 Å². The number of nitrogens with zero attached hydrogens (tertiary/aromatic N) is 2. The van der Waals surface area contributed by atoms with Crippen molar-refractivity contribution in [3.05, 3.63) is 34.8 Å². The lowest BCUT2D eigenvalue weighted by Gasteiger charge is -2.11. The number of anilines is 1. The third-order valence-corrected chi connectivity index (χ3v) is 5.16. The Hall–Kier alpha value is -1.99. The van der Waals surface area contributed by atoms with Crippen LogP contribution in [0.5, 0.6) is 5.75 Å². The molecule has 3 rings (SSSR count). The number of carbonyl (C=O) groups is 1. The Morgan fingerprint density at radius 3 is 2.88 bits per heavy atom. The summed E-state index contributed by atoms with van der Waals surface area (Å²) < 4.78 is 11.3. The lowest BCUT2D eigenvalue weighted by Crippen LogP contribution is -2.16. The highest BCUT2D eigenvalue weighted by atomic mass is 32.1. The zero-order valence-electron chi connectivity index (χ0n) is 15.1. The van der Waals surface area contributed by atoms with Crippen LogP contribution in [-0.4, -0.2) is 35.4 Å². The molecule has 1 atom stereocenters. The van der Waals surface area contributed by atoms with E-state index in [0.29, 0.717) is 17.3 Å². The van der Waals surface area contributed by atoms with E-state index in [-0.39, 0.29) is 12.0 Å². The maximum Gasteiger partial charge on any atom is 0.257 e. The van der Waals surface area contributed by atoms with Crippen molar-refractivity contribution in [2.75, 3.05) is 18.5 Å². The lowest BCUT2D eigenvalue weighted by atomic mass is 10.2. The summed E-state index contributed by atoms with van der Waals surface area (Å²) >= 11 is 1.44. The summed E-state index contributed by atoms with van der Waals surface area (Å²) in [6, 6.07) is 7.12. The van der Waals surface area contributed by atoms with E-state index in [1.54, 1.807) is 24.3 Å². The molecule has 140 valence electrons. The molecule has 6 nitrogen and oxygen atoms in total. The maximum absolute atomic E-state index is 12.3. The lowest BCUT2D eigenvalue weighted by molar-refractivity contribution is 0.0679. The molecule has 1 fully saturated rings. The van der Waals surface area contributed by atoms with Crippen LogP contribution in [-0.2, 0) is 11.2 Å². The summed E-state index contributed by atoms with van der Waals surface area (Å²) in [7, 11) is 0. The number of hydrogen-bond acceptors (Lipinski definition) is 6. The van der Waals surface area contributed by atoms with E-state index < -0.39 is 0 Å². The van der Waals surface area contributed by atoms with Crippen LogP contribution >= 0.6 is 11.3 Å². The van der Waals surface area contributed by atoms with Crippen LogP contribution in [0.2, 0.25) is 0 Å². The molecule has 0 spiro atoms. The Labute approximate surface area is 157 Å². The van der Waals surface area contributed by atoms with E-state index in [9.17, 15) is 4.79 Å². The minimum Gasteiger partial charge on any atom is -0.491 e. The second kappa shape index (κ2) is 9.64. The van der Waals surface area contributed by atoms with E-state index in [1.807, 2.05) is 0 Å². The average molecular weight is 375 g/mol. The smallest absolute Gasteiger partial charge is 0.257 e. The predicted molar refractivity (Wildman–Crippen MR) is 102 cm³/mol. The molecule has 1 aliphatic rings. The first-order valence-electron chi connectivity index (χ1n) is 9.23. The quantitative estimate of drug-likeness (QED) is 0.669. The van der Waals surface area contributed by atoms with Gasteiger partial charge in [0.15, 0.2) is 0 Å². The van der Waals surface area contributed by atoms with Crippen molar-refractivity contribution in [3.8, 4) is 5.75 Å². The number of hydrogen-bond donors (Lipinski definition) is 1. The van der Waals surface area contributed by atoms with Gasteiger partial charge in [0.1, 0.15) is 17.4 Å². The van der Waals surface area contributed by atoms with Crippen LogP contribution in [0.1, 0.15) is 54.4 Å². The largest absolute Gasteiger partial charge is 0.491 e. The second-order valence-corrected chi connectivity index (χ2v) is 7.44.